The predicted molar refractivity (Wildman–Crippen MR) is 75.0 cm³/mol. The average Bonchev–Trinajstić information content (AvgIpc) is 2.92. The Hall–Kier alpha value is -1.75. The van der Waals surface area contributed by atoms with E-state index in [-0.39, 0.29) is 12.8 Å². The molecule has 0 saturated heterocycles. The predicted octanol–water partition coefficient (Wildman–Crippen LogP) is 1.89. The summed E-state index contributed by atoms with van der Waals surface area (Å²) in [5.41, 5.74) is 0.446. The van der Waals surface area contributed by atoms with Crippen LogP contribution in [0.25, 0.3) is 0 Å². The van der Waals surface area contributed by atoms with Gasteiger partial charge in [-0.1, -0.05) is 13.0 Å². The first kappa shape index (κ1) is 14.7. The van der Waals surface area contributed by atoms with Gasteiger partial charge in [-0.25, -0.2) is 0 Å². The van der Waals surface area contributed by atoms with Crippen molar-refractivity contribution in [3.05, 3.63) is 23.8 Å². The summed E-state index contributed by atoms with van der Waals surface area (Å²) < 4.78 is 15.5. The van der Waals surface area contributed by atoms with Gasteiger partial charge in [-0.05, 0) is 44.0 Å². The van der Waals surface area contributed by atoms with Crippen LogP contribution in [-0.4, -0.2) is 32.0 Å². The fraction of sp³-hybridized carbons (Fsp3) is 0.533. The lowest BCUT2D eigenvalue weighted by atomic mass is 9.93. The number of rotatable bonds is 6. The van der Waals surface area contributed by atoms with Gasteiger partial charge >= 0.3 is 5.97 Å². The van der Waals surface area contributed by atoms with E-state index >= 15 is 0 Å². The van der Waals surface area contributed by atoms with Crippen molar-refractivity contribution in [2.45, 2.75) is 32.2 Å². The Kier molecular flexibility index (Phi) is 4.49. The molecule has 0 spiro atoms. The molecule has 1 aliphatic heterocycles. The monoisotopic (exact) mass is 279 g/mol. The highest BCUT2D eigenvalue weighted by Gasteiger charge is 2.32. The number of benzene rings is 1. The first-order valence-electron chi connectivity index (χ1n) is 6.81. The SMILES string of the molecule is CCNC(C)(CCc1ccc2c(c1)OCO2)C(=O)OC. The summed E-state index contributed by atoms with van der Waals surface area (Å²) in [6, 6.07) is 5.86. The van der Waals surface area contributed by atoms with E-state index in [0.717, 1.165) is 23.5 Å². The molecule has 1 heterocycles. The van der Waals surface area contributed by atoms with Gasteiger partial charge in [-0.15, -0.1) is 0 Å². The Labute approximate surface area is 119 Å². The van der Waals surface area contributed by atoms with Gasteiger partial charge in [0.15, 0.2) is 11.5 Å². The zero-order chi connectivity index (χ0) is 14.6. The van der Waals surface area contributed by atoms with Crippen LogP contribution in [0.2, 0.25) is 0 Å². The first-order valence-corrected chi connectivity index (χ1v) is 6.81. The van der Waals surface area contributed by atoms with Crippen LogP contribution in [0.1, 0.15) is 25.8 Å². The third-order valence-electron chi connectivity index (χ3n) is 3.55. The molecule has 110 valence electrons. The normalized spacial score (nSPS) is 15.8. The van der Waals surface area contributed by atoms with Crippen molar-refractivity contribution < 1.29 is 19.0 Å². The van der Waals surface area contributed by atoms with Gasteiger partial charge in [0.2, 0.25) is 6.79 Å². The van der Waals surface area contributed by atoms with Crippen molar-refractivity contribution in [3.8, 4) is 11.5 Å². The van der Waals surface area contributed by atoms with Crippen molar-refractivity contribution in [2.24, 2.45) is 0 Å². The van der Waals surface area contributed by atoms with Crippen molar-refractivity contribution >= 4 is 5.97 Å². The number of fused-ring (bicyclic) bond motifs is 1. The van der Waals surface area contributed by atoms with E-state index in [0.29, 0.717) is 13.0 Å². The lowest BCUT2D eigenvalue weighted by Crippen LogP contribution is -2.50. The fourth-order valence-electron chi connectivity index (χ4n) is 2.37. The van der Waals surface area contributed by atoms with Crippen molar-refractivity contribution in [2.75, 3.05) is 20.4 Å². The largest absolute Gasteiger partial charge is 0.468 e. The molecule has 0 bridgehead atoms. The van der Waals surface area contributed by atoms with Crippen LogP contribution in [0, 0.1) is 0 Å². The fourth-order valence-corrected chi connectivity index (χ4v) is 2.37. The van der Waals surface area contributed by atoms with E-state index in [4.69, 9.17) is 14.2 Å². The molecule has 0 amide bonds. The quantitative estimate of drug-likeness (QED) is 0.806. The summed E-state index contributed by atoms with van der Waals surface area (Å²) in [6.07, 6.45) is 1.42. The molecule has 0 aliphatic carbocycles. The summed E-state index contributed by atoms with van der Waals surface area (Å²) in [7, 11) is 1.42. The molecule has 1 aromatic carbocycles. The summed E-state index contributed by atoms with van der Waals surface area (Å²) in [4.78, 5) is 11.9. The van der Waals surface area contributed by atoms with E-state index in [2.05, 4.69) is 5.32 Å². The minimum atomic E-state index is -0.667. The molecule has 1 N–H and O–H groups in total. The number of likely N-dealkylation sites (N-methyl/N-ethyl adjacent to an activating group) is 1. The Bertz CT molecular complexity index is 489. The van der Waals surface area contributed by atoms with Crippen molar-refractivity contribution in [1.82, 2.24) is 5.32 Å². The molecule has 1 aromatic rings. The molecule has 0 saturated carbocycles. The minimum absolute atomic E-state index is 0.236. The number of nitrogens with one attached hydrogen (secondary N) is 1. The van der Waals surface area contributed by atoms with Crippen molar-refractivity contribution in [3.63, 3.8) is 0 Å². The second kappa shape index (κ2) is 6.13. The van der Waals surface area contributed by atoms with E-state index in [1.807, 2.05) is 32.0 Å². The molecule has 0 radical (unpaired) electrons. The minimum Gasteiger partial charge on any atom is -0.468 e. The van der Waals surface area contributed by atoms with Crippen molar-refractivity contribution in [1.29, 1.82) is 0 Å². The Morgan fingerprint density at radius 3 is 2.85 bits per heavy atom. The highest BCUT2D eigenvalue weighted by Crippen LogP contribution is 2.33. The number of aryl methyl sites for hydroxylation is 1. The van der Waals surface area contributed by atoms with Gasteiger partial charge in [0.05, 0.1) is 7.11 Å². The molecule has 0 aromatic heterocycles. The van der Waals surface area contributed by atoms with Crippen LogP contribution in [0.4, 0.5) is 0 Å². The van der Waals surface area contributed by atoms with Gasteiger partial charge in [-0.2, -0.15) is 0 Å². The molecular formula is C15H21NO4. The maximum Gasteiger partial charge on any atom is 0.325 e. The molecule has 0 fully saturated rings. The smallest absolute Gasteiger partial charge is 0.325 e. The Morgan fingerprint density at radius 1 is 1.40 bits per heavy atom. The Balaban J connectivity index is 2.04. The molecule has 20 heavy (non-hydrogen) atoms. The van der Waals surface area contributed by atoms with E-state index in [1.54, 1.807) is 0 Å². The standard InChI is InChI=1S/C15H21NO4/c1-4-16-15(2,14(17)18-3)8-7-11-5-6-12-13(9-11)20-10-19-12/h5-6,9,16H,4,7-8,10H2,1-3H3. The molecule has 1 atom stereocenters. The van der Waals surface area contributed by atoms with E-state index < -0.39 is 5.54 Å². The summed E-state index contributed by atoms with van der Waals surface area (Å²) in [6.45, 7) is 4.83. The number of ether oxygens (including phenoxy) is 3. The summed E-state index contributed by atoms with van der Waals surface area (Å²) in [5.74, 6) is 1.31. The van der Waals surface area contributed by atoms with Gasteiger partial charge in [-0.3, -0.25) is 4.79 Å². The molecule has 2 rings (SSSR count). The summed E-state index contributed by atoms with van der Waals surface area (Å²) in [5, 5.41) is 3.20. The second-order valence-corrected chi connectivity index (χ2v) is 5.04. The van der Waals surface area contributed by atoms with Crippen LogP contribution >= 0.6 is 0 Å². The van der Waals surface area contributed by atoms with Gasteiger partial charge in [0, 0.05) is 0 Å². The highest BCUT2D eigenvalue weighted by atomic mass is 16.7. The van der Waals surface area contributed by atoms with Gasteiger partial charge in [0.1, 0.15) is 5.54 Å². The number of esters is 1. The maximum absolute atomic E-state index is 11.9. The molecule has 5 heteroatoms. The van der Waals surface area contributed by atoms with Crippen LogP contribution in [0.5, 0.6) is 11.5 Å². The number of hydrogen-bond donors (Lipinski definition) is 1. The second-order valence-electron chi connectivity index (χ2n) is 5.04. The van der Waals surface area contributed by atoms with Crippen LogP contribution < -0.4 is 14.8 Å². The molecule has 5 nitrogen and oxygen atoms in total. The topological polar surface area (TPSA) is 56.8 Å². The first-order chi connectivity index (χ1) is 9.59. The number of methoxy groups -OCH3 is 1. The van der Waals surface area contributed by atoms with Gasteiger partial charge in [0.25, 0.3) is 0 Å². The molecule has 1 aliphatic rings. The number of hydrogen-bond acceptors (Lipinski definition) is 5. The van der Waals surface area contributed by atoms with Crippen LogP contribution in [0.3, 0.4) is 0 Å². The third-order valence-corrected chi connectivity index (χ3v) is 3.55. The number of carbonyl (C=O) groups excluding carboxylic acids is 1. The third kappa shape index (κ3) is 3.04. The maximum atomic E-state index is 11.9. The van der Waals surface area contributed by atoms with Crippen LogP contribution in [0.15, 0.2) is 18.2 Å². The molecule has 1 unspecified atom stereocenters. The van der Waals surface area contributed by atoms with E-state index in [1.165, 1.54) is 7.11 Å². The average molecular weight is 279 g/mol. The zero-order valence-electron chi connectivity index (χ0n) is 12.2. The zero-order valence-corrected chi connectivity index (χ0v) is 12.2. The van der Waals surface area contributed by atoms with Gasteiger partial charge < -0.3 is 19.5 Å². The summed E-state index contributed by atoms with van der Waals surface area (Å²) >= 11 is 0. The van der Waals surface area contributed by atoms with Crippen LogP contribution in [-0.2, 0) is 16.0 Å². The highest BCUT2D eigenvalue weighted by molar-refractivity contribution is 5.80. The Morgan fingerprint density at radius 2 is 2.15 bits per heavy atom. The number of carbonyl (C=O) groups is 1. The lowest BCUT2D eigenvalue weighted by Gasteiger charge is -2.27. The molecular weight excluding hydrogens is 258 g/mol. The lowest BCUT2D eigenvalue weighted by molar-refractivity contribution is -0.148. The van der Waals surface area contributed by atoms with E-state index in [9.17, 15) is 4.79 Å².